The second-order valence-electron chi connectivity index (χ2n) is 5.13. The Morgan fingerprint density at radius 1 is 1.45 bits per heavy atom. The van der Waals surface area contributed by atoms with Crippen LogP contribution < -0.4 is 4.90 Å². The van der Waals surface area contributed by atoms with Crippen LogP contribution in [0.3, 0.4) is 0 Å². The summed E-state index contributed by atoms with van der Waals surface area (Å²) in [5.41, 5.74) is 1.72. The number of hydrogen-bond acceptors (Lipinski definition) is 4. The Kier molecular flexibility index (Phi) is 4.22. The molecule has 0 spiro atoms. The SMILES string of the molecule is Cc1cc(N(C)CCN2CCCC2=O)ccc1[N+](=O)[O-]. The van der Waals surface area contributed by atoms with Crippen molar-refractivity contribution in [3.05, 3.63) is 33.9 Å². The van der Waals surface area contributed by atoms with E-state index in [9.17, 15) is 14.9 Å². The molecule has 6 heteroatoms. The van der Waals surface area contributed by atoms with Gasteiger partial charge in [0.05, 0.1) is 4.92 Å². The molecule has 0 aromatic heterocycles. The van der Waals surface area contributed by atoms with E-state index in [0.29, 0.717) is 18.5 Å². The number of likely N-dealkylation sites (tertiary alicyclic amines) is 1. The maximum Gasteiger partial charge on any atom is 0.272 e. The quantitative estimate of drug-likeness (QED) is 0.609. The standard InChI is InChI=1S/C14H19N3O3/c1-11-10-12(5-6-13(11)17(19)20)15(2)8-9-16-7-3-4-14(16)18/h5-6,10H,3-4,7-9H2,1-2H3. The normalized spacial score (nSPS) is 14.7. The Balaban J connectivity index is 1.98. The molecule has 0 N–H and O–H groups in total. The Morgan fingerprint density at radius 2 is 2.20 bits per heavy atom. The number of hydrogen-bond donors (Lipinski definition) is 0. The number of carbonyl (C=O) groups is 1. The van der Waals surface area contributed by atoms with Crippen molar-refractivity contribution in [3.63, 3.8) is 0 Å². The summed E-state index contributed by atoms with van der Waals surface area (Å²) in [6, 6.07) is 5.09. The second kappa shape index (κ2) is 5.90. The van der Waals surface area contributed by atoms with E-state index in [0.717, 1.165) is 25.2 Å². The third kappa shape index (κ3) is 3.07. The van der Waals surface area contributed by atoms with Crippen LogP contribution in [0, 0.1) is 17.0 Å². The minimum atomic E-state index is -0.373. The van der Waals surface area contributed by atoms with Crippen molar-refractivity contribution >= 4 is 17.3 Å². The van der Waals surface area contributed by atoms with Gasteiger partial charge in [0.25, 0.3) is 5.69 Å². The van der Waals surface area contributed by atoms with Crippen LogP contribution in [-0.2, 0) is 4.79 Å². The third-order valence-electron chi connectivity index (χ3n) is 3.69. The van der Waals surface area contributed by atoms with Crippen molar-refractivity contribution in [1.29, 1.82) is 0 Å². The van der Waals surface area contributed by atoms with Crippen molar-refractivity contribution < 1.29 is 9.72 Å². The van der Waals surface area contributed by atoms with Gasteiger partial charge < -0.3 is 9.80 Å². The van der Waals surface area contributed by atoms with Crippen LogP contribution in [-0.4, -0.2) is 42.4 Å². The highest BCUT2D eigenvalue weighted by Gasteiger charge is 2.20. The third-order valence-corrected chi connectivity index (χ3v) is 3.69. The summed E-state index contributed by atoms with van der Waals surface area (Å²) in [5, 5.41) is 10.8. The number of anilines is 1. The fourth-order valence-electron chi connectivity index (χ4n) is 2.42. The van der Waals surface area contributed by atoms with Gasteiger partial charge in [0.1, 0.15) is 0 Å². The molecule has 0 unspecified atom stereocenters. The van der Waals surface area contributed by atoms with E-state index < -0.39 is 0 Å². The fraction of sp³-hybridized carbons (Fsp3) is 0.500. The van der Waals surface area contributed by atoms with Gasteiger partial charge in [0, 0.05) is 50.4 Å². The first-order chi connectivity index (χ1) is 9.49. The predicted molar refractivity (Wildman–Crippen MR) is 76.9 cm³/mol. The zero-order valence-corrected chi connectivity index (χ0v) is 11.8. The van der Waals surface area contributed by atoms with Crippen molar-refractivity contribution in [2.45, 2.75) is 19.8 Å². The highest BCUT2D eigenvalue weighted by molar-refractivity contribution is 5.78. The molecule has 1 aliphatic rings. The van der Waals surface area contributed by atoms with Gasteiger partial charge in [0.15, 0.2) is 0 Å². The highest BCUT2D eigenvalue weighted by atomic mass is 16.6. The average molecular weight is 277 g/mol. The number of nitrogens with zero attached hydrogens (tertiary/aromatic N) is 3. The van der Waals surface area contributed by atoms with Gasteiger partial charge in [-0.1, -0.05) is 0 Å². The van der Waals surface area contributed by atoms with Crippen LogP contribution in [0.25, 0.3) is 0 Å². The van der Waals surface area contributed by atoms with E-state index in [1.54, 1.807) is 13.0 Å². The molecule has 1 aromatic rings. The van der Waals surface area contributed by atoms with Crippen LogP contribution in [0.4, 0.5) is 11.4 Å². The summed E-state index contributed by atoms with van der Waals surface area (Å²) in [4.78, 5) is 25.8. The molecule has 1 aromatic carbocycles. The number of rotatable bonds is 5. The predicted octanol–water partition coefficient (Wildman–Crippen LogP) is 1.96. The van der Waals surface area contributed by atoms with Crippen LogP contribution in [0.15, 0.2) is 18.2 Å². The molecule has 1 aliphatic heterocycles. The molecule has 2 rings (SSSR count). The van der Waals surface area contributed by atoms with Crippen molar-refractivity contribution in [2.75, 3.05) is 31.6 Å². The average Bonchev–Trinajstić information content (AvgIpc) is 2.81. The number of nitro groups is 1. The van der Waals surface area contributed by atoms with Crippen LogP contribution in [0.2, 0.25) is 0 Å². The zero-order chi connectivity index (χ0) is 14.7. The van der Waals surface area contributed by atoms with Gasteiger partial charge in [-0.2, -0.15) is 0 Å². The first-order valence-corrected chi connectivity index (χ1v) is 6.73. The first-order valence-electron chi connectivity index (χ1n) is 6.73. The van der Waals surface area contributed by atoms with Crippen molar-refractivity contribution in [3.8, 4) is 0 Å². The molecule has 0 bridgehead atoms. The van der Waals surface area contributed by atoms with Crippen LogP contribution in [0.1, 0.15) is 18.4 Å². The summed E-state index contributed by atoms with van der Waals surface area (Å²) in [7, 11) is 1.93. The lowest BCUT2D eigenvalue weighted by Crippen LogP contribution is -2.33. The Labute approximate surface area is 118 Å². The lowest BCUT2D eigenvalue weighted by atomic mass is 10.1. The van der Waals surface area contributed by atoms with Crippen LogP contribution in [0.5, 0.6) is 0 Å². The lowest BCUT2D eigenvalue weighted by molar-refractivity contribution is -0.385. The molecular formula is C14H19N3O3. The number of carbonyl (C=O) groups excluding carboxylic acids is 1. The molecule has 20 heavy (non-hydrogen) atoms. The summed E-state index contributed by atoms with van der Waals surface area (Å²) < 4.78 is 0. The minimum Gasteiger partial charge on any atom is -0.373 e. The van der Waals surface area contributed by atoms with Crippen LogP contribution >= 0.6 is 0 Å². The Bertz CT molecular complexity index is 530. The number of amides is 1. The molecular weight excluding hydrogens is 258 g/mol. The summed E-state index contributed by atoms with van der Waals surface area (Å²) in [6.45, 7) is 4.00. The molecule has 108 valence electrons. The molecule has 1 heterocycles. The topological polar surface area (TPSA) is 66.7 Å². The monoisotopic (exact) mass is 277 g/mol. The van der Waals surface area contributed by atoms with Gasteiger partial charge in [-0.25, -0.2) is 0 Å². The molecule has 1 saturated heterocycles. The maximum absolute atomic E-state index is 11.5. The summed E-state index contributed by atoms with van der Waals surface area (Å²) in [5.74, 6) is 0.221. The zero-order valence-electron chi connectivity index (χ0n) is 11.8. The first kappa shape index (κ1) is 14.3. The number of aryl methyl sites for hydroxylation is 1. The van der Waals surface area contributed by atoms with E-state index in [-0.39, 0.29) is 16.5 Å². The van der Waals surface area contributed by atoms with Gasteiger partial charge in [-0.15, -0.1) is 0 Å². The van der Waals surface area contributed by atoms with Gasteiger partial charge in [-0.05, 0) is 25.5 Å². The lowest BCUT2D eigenvalue weighted by Gasteiger charge is -2.23. The molecule has 1 amide bonds. The largest absolute Gasteiger partial charge is 0.373 e. The van der Waals surface area contributed by atoms with E-state index in [4.69, 9.17) is 0 Å². The molecule has 0 aliphatic carbocycles. The van der Waals surface area contributed by atoms with Gasteiger partial charge in [-0.3, -0.25) is 14.9 Å². The fourth-order valence-corrected chi connectivity index (χ4v) is 2.42. The highest BCUT2D eigenvalue weighted by Crippen LogP contribution is 2.23. The van der Waals surface area contributed by atoms with E-state index >= 15 is 0 Å². The number of likely N-dealkylation sites (N-methyl/N-ethyl adjacent to an activating group) is 1. The molecule has 0 atom stereocenters. The smallest absolute Gasteiger partial charge is 0.272 e. The van der Waals surface area contributed by atoms with Crippen molar-refractivity contribution in [1.82, 2.24) is 4.90 Å². The van der Waals surface area contributed by atoms with E-state index in [2.05, 4.69) is 0 Å². The van der Waals surface area contributed by atoms with Gasteiger partial charge >= 0.3 is 0 Å². The van der Waals surface area contributed by atoms with Gasteiger partial charge in [0.2, 0.25) is 5.91 Å². The maximum atomic E-state index is 11.5. The van der Waals surface area contributed by atoms with Crippen molar-refractivity contribution in [2.24, 2.45) is 0 Å². The minimum absolute atomic E-state index is 0.136. The molecule has 0 radical (unpaired) electrons. The second-order valence-corrected chi connectivity index (χ2v) is 5.13. The molecule has 6 nitrogen and oxygen atoms in total. The number of nitro benzene ring substituents is 1. The van der Waals surface area contributed by atoms with E-state index in [1.165, 1.54) is 6.07 Å². The van der Waals surface area contributed by atoms with E-state index in [1.807, 2.05) is 22.9 Å². The Hall–Kier alpha value is -2.11. The molecule has 0 saturated carbocycles. The Morgan fingerprint density at radius 3 is 2.75 bits per heavy atom. The molecule has 1 fully saturated rings. The number of benzene rings is 1. The summed E-state index contributed by atoms with van der Waals surface area (Å²) in [6.07, 6.45) is 1.60. The summed E-state index contributed by atoms with van der Waals surface area (Å²) >= 11 is 0.